The van der Waals surface area contributed by atoms with E-state index in [1.807, 2.05) is 24.3 Å². The first-order valence-electron chi connectivity index (χ1n) is 14.0. The van der Waals surface area contributed by atoms with Crippen LogP contribution in [0, 0.1) is 0 Å². The molecule has 2 aromatic heterocycles. The lowest BCUT2D eigenvalue weighted by atomic mass is 9.95. The number of hydrogen-bond acceptors (Lipinski definition) is 8. The van der Waals surface area contributed by atoms with Crippen molar-refractivity contribution in [2.24, 2.45) is 0 Å². The third kappa shape index (κ3) is 5.34. The molecule has 42 heavy (non-hydrogen) atoms. The number of methoxy groups -OCH3 is 2. The monoisotopic (exact) mass is 605 g/mol. The zero-order valence-electron chi connectivity index (χ0n) is 23.6. The minimum Gasteiger partial charge on any atom is -1.00 e. The molecule has 0 amide bonds. The minimum absolute atomic E-state index is 0. The Morgan fingerprint density at radius 1 is 0.976 bits per heavy atom. The van der Waals surface area contributed by atoms with Gasteiger partial charge in [-0.25, -0.2) is 4.98 Å². The molecule has 7 rings (SSSR count). The fourth-order valence-electron chi connectivity index (χ4n) is 5.59. The third-order valence-electron chi connectivity index (χ3n) is 7.74. The maximum atomic E-state index is 6.37. The molecule has 0 saturated heterocycles. The summed E-state index contributed by atoms with van der Waals surface area (Å²) in [5, 5.41) is 6.59. The Balaban J connectivity index is 0.00000316. The molecule has 218 valence electrons. The highest BCUT2D eigenvalue weighted by molar-refractivity contribution is 7.22. The fraction of sp³-hybridized carbons (Fsp3) is 0.312. The molecule has 1 N–H and O–H groups in total. The number of fused-ring (bicyclic) bond motifs is 6. The number of nitrogens with zero attached hydrogens (tertiary/aromatic N) is 2. The van der Waals surface area contributed by atoms with Crippen LogP contribution in [0.25, 0.3) is 32.2 Å². The van der Waals surface area contributed by atoms with Gasteiger partial charge in [-0.15, -0.1) is 0 Å². The number of rotatable bonds is 10. The third-order valence-corrected chi connectivity index (χ3v) is 8.71. The molecule has 0 radical (unpaired) electrons. The summed E-state index contributed by atoms with van der Waals surface area (Å²) >= 11 is 1.65. The van der Waals surface area contributed by atoms with Crippen molar-refractivity contribution in [2.75, 3.05) is 39.5 Å². The van der Waals surface area contributed by atoms with Gasteiger partial charge >= 0.3 is 0 Å². The van der Waals surface area contributed by atoms with Gasteiger partial charge in [0, 0.05) is 19.0 Å². The lowest BCUT2D eigenvalue weighted by molar-refractivity contribution is -0.686. The second kappa shape index (κ2) is 12.1. The van der Waals surface area contributed by atoms with Crippen LogP contribution in [0.5, 0.6) is 28.7 Å². The second-order valence-electron chi connectivity index (χ2n) is 10.3. The summed E-state index contributed by atoms with van der Waals surface area (Å²) < 4.78 is 32.1. The van der Waals surface area contributed by atoms with Crippen molar-refractivity contribution in [1.29, 1.82) is 0 Å². The molecule has 0 atom stereocenters. The van der Waals surface area contributed by atoms with Crippen LogP contribution in [0.4, 0.5) is 5.13 Å². The van der Waals surface area contributed by atoms with Crippen LogP contribution in [-0.4, -0.2) is 39.1 Å². The summed E-state index contributed by atoms with van der Waals surface area (Å²) in [5.74, 6) is 4.07. The van der Waals surface area contributed by atoms with Crippen LogP contribution >= 0.6 is 11.3 Å². The summed E-state index contributed by atoms with van der Waals surface area (Å²) in [6.45, 7) is 2.68. The van der Waals surface area contributed by atoms with E-state index in [2.05, 4.69) is 45.3 Å². The number of benzene rings is 3. The summed E-state index contributed by atoms with van der Waals surface area (Å²) in [7, 11) is 3.38. The van der Waals surface area contributed by atoms with Gasteiger partial charge in [0.05, 0.1) is 42.0 Å². The molecule has 0 fully saturated rings. The van der Waals surface area contributed by atoms with Crippen LogP contribution in [0.1, 0.15) is 24.8 Å². The number of aryl methyl sites for hydroxylation is 2. The number of anilines is 1. The van der Waals surface area contributed by atoms with E-state index in [1.54, 1.807) is 25.6 Å². The van der Waals surface area contributed by atoms with E-state index in [0.717, 1.165) is 93.6 Å². The smallest absolute Gasteiger partial charge is 0.231 e. The van der Waals surface area contributed by atoms with Crippen molar-refractivity contribution in [3.8, 4) is 40.0 Å². The summed E-state index contributed by atoms with van der Waals surface area (Å²) in [6.07, 6.45) is 6.19. The minimum atomic E-state index is 0. The first-order valence-corrected chi connectivity index (χ1v) is 14.8. The lowest BCUT2D eigenvalue weighted by Crippen LogP contribution is -3.00. The van der Waals surface area contributed by atoms with Crippen molar-refractivity contribution in [3.05, 3.63) is 60.3 Å². The predicted molar refractivity (Wildman–Crippen MR) is 160 cm³/mol. The average molecular weight is 606 g/mol. The van der Waals surface area contributed by atoms with Gasteiger partial charge < -0.3 is 41.4 Å². The Morgan fingerprint density at radius 2 is 1.86 bits per heavy atom. The van der Waals surface area contributed by atoms with Gasteiger partial charge in [0.1, 0.15) is 5.75 Å². The van der Waals surface area contributed by atoms with Crippen molar-refractivity contribution in [3.63, 3.8) is 0 Å². The van der Waals surface area contributed by atoms with E-state index in [0.29, 0.717) is 6.61 Å². The molecule has 2 aliphatic rings. The number of pyridine rings is 1. The topological polar surface area (TPSA) is 75.0 Å². The van der Waals surface area contributed by atoms with E-state index < -0.39 is 0 Å². The van der Waals surface area contributed by atoms with Gasteiger partial charge in [-0.1, -0.05) is 11.3 Å². The van der Waals surface area contributed by atoms with Gasteiger partial charge in [0.15, 0.2) is 40.9 Å². The second-order valence-corrected chi connectivity index (χ2v) is 11.3. The normalized spacial score (nSPS) is 12.9. The zero-order valence-corrected chi connectivity index (χ0v) is 25.1. The number of aromatic nitrogens is 2. The maximum Gasteiger partial charge on any atom is 0.231 e. The van der Waals surface area contributed by atoms with Gasteiger partial charge in [-0.3, -0.25) is 0 Å². The first-order chi connectivity index (χ1) is 20.2. The lowest BCUT2D eigenvalue weighted by Gasteiger charge is -2.18. The summed E-state index contributed by atoms with van der Waals surface area (Å²) in [4.78, 5) is 4.67. The van der Waals surface area contributed by atoms with Crippen LogP contribution < -0.4 is 46.0 Å². The van der Waals surface area contributed by atoms with Crippen molar-refractivity contribution in [2.45, 2.75) is 32.2 Å². The van der Waals surface area contributed by atoms with Gasteiger partial charge in [-0.05, 0) is 72.7 Å². The Morgan fingerprint density at radius 3 is 2.71 bits per heavy atom. The zero-order chi connectivity index (χ0) is 27.8. The molecule has 2 aliphatic heterocycles. The first kappa shape index (κ1) is 28.2. The number of thiazole rings is 1. The quantitative estimate of drug-likeness (QED) is 0.193. The molecule has 10 heteroatoms. The number of halogens is 1. The highest BCUT2D eigenvalue weighted by Gasteiger charge is 2.28. The summed E-state index contributed by atoms with van der Waals surface area (Å²) in [5.41, 5.74) is 4.65. The van der Waals surface area contributed by atoms with Crippen molar-refractivity contribution >= 4 is 37.5 Å². The fourth-order valence-corrected chi connectivity index (χ4v) is 6.51. The predicted octanol–water partition coefficient (Wildman–Crippen LogP) is 3.37. The largest absolute Gasteiger partial charge is 1.00 e. The molecular formula is C32H32ClN3O5S. The van der Waals surface area contributed by atoms with Gasteiger partial charge in [-0.2, -0.15) is 4.57 Å². The molecule has 5 aromatic rings. The Kier molecular flexibility index (Phi) is 8.13. The highest BCUT2D eigenvalue weighted by Crippen LogP contribution is 2.41. The van der Waals surface area contributed by atoms with Crippen LogP contribution in [0.3, 0.4) is 0 Å². The molecule has 3 aromatic carbocycles. The van der Waals surface area contributed by atoms with E-state index >= 15 is 0 Å². The van der Waals surface area contributed by atoms with Crippen LogP contribution in [-0.2, 0) is 13.0 Å². The average Bonchev–Trinajstić information content (AvgIpc) is 3.64. The van der Waals surface area contributed by atoms with Crippen molar-refractivity contribution < 1.29 is 40.7 Å². The maximum absolute atomic E-state index is 6.37. The standard InChI is InChI=1S/C32H32N3O5S.ClH/c1-36-22-7-8-25-30(16-22)41-32(34-25)33-11-4-3-5-13-38-31-24-18-35-12-10-21-15-28-29(40-19-39-28)17-23(21)26(35)14-20(24)6-9-27(31)37-2;/h6-9,14-18H,3-5,10-13,19H2,1-2H3,(H,33,34);1H/q+1;/p-1. The summed E-state index contributed by atoms with van der Waals surface area (Å²) in [6, 6.07) is 16.5. The van der Waals surface area contributed by atoms with Crippen LogP contribution in [0.2, 0.25) is 0 Å². The van der Waals surface area contributed by atoms with E-state index in [4.69, 9.17) is 23.7 Å². The Labute approximate surface area is 254 Å². The number of unbranched alkanes of at least 4 members (excludes halogenated alkanes) is 2. The molecule has 0 spiro atoms. The van der Waals surface area contributed by atoms with E-state index in [1.165, 1.54) is 16.8 Å². The molecule has 0 saturated carbocycles. The SMILES string of the molecule is COc1ccc2nc(NCCCCCOc3c(OC)ccc4cc5[n+](cc34)CCc3cc4c(cc3-5)OCO4)sc2c1.[Cl-]. The van der Waals surface area contributed by atoms with E-state index in [-0.39, 0.29) is 19.2 Å². The van der Waals surface area contributed by atoms with Crippen molar-refractivity contribution in [1.82, 2.24) is 4.98 Å². The number of nitrogens with one attached hydrogen (secondary N) is 1. The molecule has 0 bridgehead atoms. The molecule has 0 aliphatic carbocycles. The van der Waals surface area contributed by atoms with Crippen LogP contribution in [0.15, 0.2) is 54.7 Å². The van der Waals surface area contributed by atoms with Gasteiger partial charge in [0.2, 0.25) is 12.5 Å². The number of ether oxygens (including phenoxy) is 5. The molecule has 0 unspecified atom stereocenters. The Bertz CT molecular complexity index is 1760. The number of hydrogen-bond donors (Lipinski definition) is 1. The molecular weight excluding hydrogens is 574 g/mol. The highest BCUT2D eigenvalue weighted by atomic mass is 35.5. The molecule has 8 nitrogen and oxygen atoms in total. The Hall–Kier alpha value is -3.95. The van der Waals surface area contributed by atoms with Gasteiger partial charge in [0.25, 0.3) is 0 Å². The molecule has 4 heterocycles. The van der Waals surface area contributed by atoms with E-state index in [9.17, 15) is 0 Å².